The number of nitrogens with zero attached hydrogens (tertiary/aromatic N) is 1. The van der Waals surface area contributed by atoms with Crippen molar-refractivity contribution in [2.75, 3.05) is 26.4 Å². The number of carbonyl (C=O) groups is 2. The maximum atomic E-state index is 13.0. The highest BCUT2D eigenvalue weighted by Crippen LogP contribution is 2.39. The lowest BCUT2D eigenvalue weighted by atomic mass is 10.2. The zero-order valence-electron chi connectivity index (χ0n) is 17.3. The van der Waals surface area contributed by atoms with Crippen molar-refractivity contribution in [2.45, 2.75) is 6.92 Å². The van der Waals surface area contributed by atoms with Crippen molar-refractivity contribution in [3.63, 3.8) is 0 Å². The summed E-state index contributed by atoms with van der Waals surface area (Å²) in [5.74, 6) is 0.745. The molecule has 32 heavy (non-hydrogen) atoms. The molecule has 9 heteroatoms. The average molecular weight is 522 g/mol. The topological polar surface area (TPSA) is 65.1 Å². The van der Waals surface area contributed by atoms with Crippen molar-refractivity contribution in [2.24, 2.45) is 0 Å². The van der Waals surface area contributed by atoms with Gasteiger partial charge in [-0.3, -0.25) is 14.5 Å². The minimum atomic E-state index is -0.399. The van der Waals surface area contributed by atoms with Gasteiger partial charge in [-0.25, -0.2) is 4.39 Å². The lowest BCUT2D eigenvalue weighted by molar-refractivity contribution is -0.123. The number of ether oxygens (including phenoxy) is 3. The van der Waals surface area contributed by atoms with Crippen molar-refractivity contribution in [1.29, 1.82) is 0 Å². The molecule has 1 fully saturated rings. The zero-order valence-corrected chi connectivity index (χ0v) is 19.7. The number of carbonyl (C=O) groups excluding carboxylic acids is 2. The summed E-state index contributed by atoms with van der Waals surface area (Å²) in [6, 6.07) is 9.06. The molecule has 0 saturated carbocycles. The van der Waals surface area contributed by atoms with Gasteiger partial charge in [0, 0.05) is 0 Å². The number of thioether (sulfide) groups is 1. The molecule has 1 saturated heterocycles. The van der Waals surface area contributed by atoms with Gasteiger partial charge in [-0.2, -0.15) is 0 Å². The second kappa shape index (κ2) is 11.2. The SMILES string of the molecule is C=CCOc1c(Br)cc(/C=C2\SC(=O)N(CCOc3ccc(F)cc3)C2=O)cc1OCC. The maximum absolute atomic E-state index is 13.0. The van der Waals surface area contributed by atoms with E-state index < -0.39 is 5.91 Å². The van der Waals surface area contributed by atoms with Crippen molar-refractivity contribution >= 4 is 44.9 Å². The predicted molar refractivity (Wildman–Crippen MR) is 126 cm³/mol. The van der Waals surface area contributed by atoms with Crippen LogP contribution in [0.25, 0.3) is 6.08 Å². The van der Waals surface area contributed by atoms with Crippen LogP contribution in [0.4, 0.5) is 9.18 Å². The fourth-order valence-electron chi connectivity index (χ4n) is 2.85. The summed E-state index contributed by atoms with van der Waals surface area (Å²) in [4.78, 5) is 26.5. The Morgan fingerprint density at radius 1 is 1.16 bits per heavy atom. The van der Waals surface area contributed by atoms with Crippen molar-refractivity contribution in [3.05, 3.63) is 69.8 Å². The van der Waals surface area contributed by atoms with Gasteiger partial charge in [0.15, 0.2) is 11.5 Å². The molecule has 6 nitrogen and oxygen atoms in total. The third-order valence-corrected chi connectivity index (χ3v) is 5.74. The van der Waals surface area contributed by atoms with Gasteiger partial charge in [-0.15, -0.1) is 0 Å². The Morgan fingerprint density at radius 2 is 1.91 bits per heavy atom. The van der Waals surface area contributed by atoms with E-state index in [1.165, 1.54) is 24.3 Å². The van der Waals surface area contributed by atoms with Crippen LogP contribution in [0.5, 0.6) is 17.2 Å². The van der Waals surface area contributed by atoms with E-state index in [0.717, 1.165) is 16.7 Å². The van der Waals surface area contributed by atoms with Crippen LogP contribution in [0.3, 0.4) is 0 Å². The molecule has 0 aromatic heterocycles. The third kappa shape index (κ3) is 5.92. The fourth-order valence-corrected chi connectivity index (χ4v) is 4.29. The molecule has 3 rings (SSSR count). The number of amides is 2. The van der Waals surface area contributed by atoms with Gasteiger partial charge in [0.1, 0.15) is 24.8 Å². The summed E-state index contributed by atoms with van der Waals surface area (Å²) in [5, 5.41) is -0.376. The third-order valence-electron chi connectivity index (χ3n) is 4.25. The largest absolute Gasteiger partial charge is 0.492 e. The zero-order chi connectivity index (χ0) is 23.1. The van der Waals surface area contributed by atoms with Crippen LogP contribution < -0.4 is 14.2 Å². The molecule has 0 bridgehead atoms. The number of rotatable bonds is 10. The normalized spacial score (nSPS) is 14.7. The molecule has 2 amide bonds. The van der Waals surface area contributed by atoms with Gasteiger partial charge in [0.25, 0.3) is 11.1 Å². The van der Waals surface area contributed by atoms with E-state index in [-0.39, 0.29) is 24.2 Å². The quantitative estimate of drug-likeness (QED) is 0.296. The van der Waals surface area contributed by atoms with Crippen LogP contribution in [0, 0.1) is 5.82 Å². The predicted octanol–water partition coefficient (Wildman–Crippen LogP) is 5.67. The minimum absolute atomic E-state index is 0.0849. The van der Waals surface area contributed by atoms with Gasteiger partial charge in [-0.05, 0) is 82.7 Å². The molecular weight excluding hydrogens is 501 g/mol. The summed E-state index contributed by atoms with van der Waals surface area (Å²) in [6.07, 6.45) is 3.27. The van der Waals surface area contributed by atoms with Crippen molar-refractivity contribution < 1.29 is 28.2 Å². The molecule has 1 aliphatic heterocycles. The summed E-state index contributed by atoms with van der Waals surface area (Å²) in [6.45, 7) is 6.44. The number of imide groups is 1. The maximum Gasteiger partial charge on any atom is 0.293 e. The first-order valence-electron chi connectivity index (χ1n) is 9.76. The average Bonchev–Trinajstić information content (AvgIpc) is 3.02. The van der Waals surface area contributed by atoms with E-state index >= 15 is 0 Å². The van der Waals surface area contributed by atoms with Crippen LogP contribution in [0.1, 0.15) is 12.5 Å². The summed E-state index contributed by atoms with van der Waals surface area (Å²) < 4.78 is 30.4. The van der Waals surface area contributed by atoms with E-state index in [1.807, 2.05) is 6.92 Å². The highest BCUT2D eigenvalue weighted by atomic mass is 79.9. The molecule has 168 valence electrons. The summed E-state index contributed by atoms with van der Waals surface area (Å²) >= 11 is 4.33. The van der Waals surface area contributed by atoms with E-state index in [0.29, 0.717) is 45.4 Å². The molecule has 2 aromatic carbocycles. The van der Waals surface area contributed by atoms with Gasteiger partial charge in [-0.1, -0.05) is 12.7 Å². The standard InChI is InChI=1S/C23H21BrFNO5S/c1-3-10-31-21-18(24)12-15(13-19(21)29-4-2)14-20-22(27)26(23(28)32-20)9-11-30-17-7-5-16(25)6-8-17/h3,5-8,12-14H,1,4,9-11H2,2H3/b20-14-. The lowest BCUT2D eigenvalue weighted by Crippen LogP contribution is -2.32. The smallest absolute Gasteiger partial charge is 0.293 e. The molecule has 0 N–H and O–H groups in total. The van der Waals surface area contributed by atoms with E-state index in [2.05, 4.69) is 22.5 Å². The molecule has 1 aliphatic rings. The Kier molecular flexibility index (Phi) is 8.35. The molecule has 0 unspecified atom stereocenters. The molecule has 0 radical (unpaired) electrons. The van der Waals surface area contributed by atoms with Crippen LogP contribution in [-0.2, 0) is 4.79 Å². The van der Waals surface area contributed by atoms with Gasteiger partial charge < -0.3 is 14.2 Å². The number of hydrogen-bond acceptors (Lipinski definition) is 6. The summed E-state index contributed by atoms with van der Waals surface area (Å²) in [7, 11) is 0. The Balaban J connectivity index is 1.71. The van der Waals surface area contributed by atoms with Gasteiger partial charge in [0.2, 0.25) is 0 Å². The van der Waals surface area contributed by atoms with Crippen LogP contribution >= 0.6 is 27.7 Å². The van der Waals surface area contributed by atoms with Crippen LogP contribution in [0.15, 0.2) is 58.4 Å². The molecule has 1 heterocycles. The van der Waals surface area contributed by atoms with E-state index in [1.54, 1.807) is 24.3 Å². The molecule has 2 aromatic rings. The fraction of sp³-hybridized carbons (Fsp3) is 0.217. The highest BCUT2D eigenvalue weighted by molar-refractivity contribution is 9.10. The first kappa shape index (κ1) is 23.9. The molecule has 0 aliphatic carbocycles. The van der Waals surface area contributed by atoms with Gasteiger partial charge >= 0.3 is 0 Å². The Morgan fingerprint density at radius 3 is 2.59 bits per heavy atom. The first-order chi connectivity index (χ1) is 15.4. The lowest BCUT2D eigenvalue weighted by Gasteiger charge is -2.14. The number of benzene rings is 2. The molecule has 0 spiro atoms. The Hall–Kier alpha value is -2.78. The number of halogens is 2. The van der Waals surface area contributed by atoms with Crippen molar-refractivity contribution in [1.82, 2.24) is 4.90 Å². The number of hydrogen-bond donors (Lipinski definition) is 0. The van der Waals surface area contributed by atoms with E-state index in [9.17, 15) is 14.0 Å². The monoisotopic (exact) mass is 521 g/mol. The van der Waals surface area contributed by atoms with Gasteiger partial charge in [0.05, 0.1) is 22.5 Å². The second-order valence-corrected chi connectivity index (χ2v) is 8.35. The Labute approximate surface area is 198 Å². The van der Waals surface area contributed by atoms with Crippen molar-refractivity contribution in [3.8, 4) is 17.2 Å². The molecule has 0 atom stereocenters. The van der Waals surface area contributed by atoms with Crippen LogP contribution in [0.2, 0.25) is 0 Å². The Bertz CT molecular complexity index is 1040. The first-order valence-corrected chi connectivity index (χ1v) is 11.4. The van der Waals surface area contributed by atoms with Crippen LogP contribution in [-0.4, -0.2) is 42.4 Å². The molecular formula is C23H21BrFNO5S. The minimum Gasteiger partial charge on any atom is -0.492 e. The second-order valence-electron chi connectivity index (χ2n) is 6.50. The summed E-state index contributed by atoms with van der Waals surface area (Å²) in [5.41, 5.74) is 0.680. The highest BCUT2D eigenvalue weighted by Gasteiger charge is 2.34. The van der Waals surface area contributed by atoms with E-state index in [4.69, 9.17) is 14.2 Å².